The minimum absolute atomic E-state index is 0.0982. The standard InChI is InChI=1S/C32H38FN9O5S/c33-26-17-42(31(43)27-8-14-48(44,45)39-27)9-7-29(26)47-28-6-1-21(15-22(28)16-34)30-35-20-36-32(38-30)37-23-2-4-24(5-3-23)40-10-12-41(13-11-40)25-18-46-19-25/h1-6,15,20,25-27,29,39,44-45H,7-14,17-19H2,(H,35,36,37,38)/t26-,27?,29-/m0/s1. The van der Waals surface area contributed by atoms with E-state index >= 15 is 4.39 Å². The second kappa shape index (κ2) is 13.8. The number of alkyl halides is 1. The molecule has 0 saturated carbocycles. The molecule has 7 rings (SSSR count). The van der Waals surface area contributed by atoms with Gasteiger partial charge in [-0.15, -0.1) is 10.8 Å². The SMILES string of the molecule is N#Cc1cc(-c2ncnc(Nc3ccc(N4CCN(C5COC5)CC4)cc3)n2)ccc1O[C@H]1CCN(C(=O)C2CCS(O)(O)N2)C[C@@H]1F. The van der Waals surface area contributed by atoms with E-state index in [1.54, 1.807) is 18.2 Å². The summed E-state index contributed by atoms with van der Waals surface area (Å²) >= 11 is 0. The van der Waals surface area contributed by atoms with E-state index in [1.165, 1.54) is 11.2 Å². The first-order valence-corrected chi connectivity index (χ1v) is 17.8. The van der Waals surface area contributed by atoms with Crippen LogP contribution in [0.4, 0.5) is 21.7 Å². The fourth-order valence-corrected chi connectivity index (χ4v) is 7.78. The minimum Gasteiger partial charge on any atom is -0.486 e. The maximum Gasteiger partial charge on any atom is 0.241 e. The molecule has 0 aliphatic carbocycles. The molecular weight excluding hydrogens is 641 g/mol. The summed E-state index contributed by atoms with van der Waals surface area (Å²) in [5.74, 6) is 0.673. The van der Waals surface area contributed by atoms with Crippen molar-refractivity contribution in [2.24, 2.45) is 0 Å². The van der Waals surface area contributed by atoms with Gasteiger partial charge in [0.05, 0.1) is 37.1 Å². The smallest absolute Gasteiger partial charge is 0.241 e. The van der Waals surface area contributed by atoms with Crippen molar-refractivity contribution in [2.45, 2.75) is 37.2 Å². The molecule has 4 aliphatic heterocycles. The number of benzene rings is 2. The maximum atomic E-state index is 15.2. The van der Waals surface area contributed by atoms with E-state index in [2.05, 4.69) is 53.0 Å². The van der Waals surface area contributed by atoms with Gasteiger partial charge in [-0.25, -0.2) is 19.1 Å². The van der Waals surface area contributed by atoms with Gasteiger partial charge in [-0.1, -0.05) is 0 Å². The summed E-state index contributed by atoms with van der Waals surface area (Å²) in [7, 11) is -2.97. The van der Waals surface area contributed by atoms with Crippen LogP contribution in [-0.4, -0.2) is 122 Å². The fourth-order valence-electron chi connectivity index (χ4n) is 6.42. The Hall–Kier alpha value is -4.11. The molecule has 0 spiro atoms. The molecule has 0 bridgehead atoms. The number of halogens is 1. The number of carbonyl (C=O) groups is 1. The zero-order valence-electron chi connectivity index (χ0n) is 26.2. The normalized spacial score (nSPS) is 25.2. The second-order valence-electron chi connectivity index (χ2n) is 12.4. The maximum absolute atomic E-state index is 15.2. The number of ether oxygens (including phenoxy) is 2. The van der Waals surface area contributed by atoms with E-state index in [0.29, 0.717) is 23.4 Å². The molecule has 5 heterocycles. The highest BCUT2D eigenvalue weighted by molar-refractivity contribution is 8.22. The summed E-state index contributed by atoms with van der Waals surface area (Å²) in [6.07, 6.45) is -0.434. The van der Waals surface area contributed by atoms with E-state index in [4.69, 9.17) is 9.47 Å². The lowest BCUT2D eigenvalue weighted by Gasteiger charge is -2.43. The van der Waals surface area contributed by atoms with Gasteiger partial charge in [-0.2, -0.15) is 10.2 Å². The molecule has 4 aliphatic rings. The molecule has 0 radical (unpaired) electrons. The van der Waals surface area contributed by atoms with Crippen molar-refractivity contribution in [3.8, 4) is 23.2 Å². The third-order valence-corrected chi connectivity index (χ3v) is 10.7. The fraction of sp³-hybridized carbons (Fsp3) is 0.469. The van der Waals surface area contributed by atoms with Crippen LogP contribution in [0, 0.1) is 11.3 Å². The zero-order valence-corrected chi connectivity index (χ0v) is 27.1. The van der Waals surface area contributed by atoms with Gasteiger partial charge in [-0.3, -0.25) is 18.8 Å². The van der Waals surface area contributed by atoms with Gasteiger partial charge in [0.15, 0.2) is 12.0 Å². The van der Waals surface area contributed by atoms with Crippen LogP contribution < -0.4 is 19.7 Å². The summed E-state index contributed by atoms with van der Waals surface area (Å²) < 4.78 is 48.6. The number of nitrogens with one attached hydrogen (secondary N) is 2. The first-order valence-electron chi connectivity index (χ1n) is 16.0. The highest BCUT2D eigenvalue weighted by Crippen LogP contribution is 2.41. The Kier molecular flexibility index (Phi) is 9.32. The average molecular weight is 680 g/mol. The van der Waals surface area contributed by atoms with Crippen molar-refractivity contribution in [1.29, 1.82) is 5.26 Å². The second-order valence-corrected chi connectivity index (χ2v) is 14.4. The summed E-state index contributed by atoms with van der Waals surface area (Å²) in [6, 6.07) is 15.0. The Morgan fingerprint density at radius 1 is 1.08 bits per heavy atom. The molecule has 254 valence electrons. The summed E-state index contributed by atoms with van der Waals surface area (Å²) in [4.78, 5) is 32.1. The highest BCUT2D eigenvalue weighted by Gasteiger charge is 2.39. The van der Waals surface area contributed by atoms with Crippen LogP contribution in [0.3, 0.4) is 0 Å². The Balaban J connectivity index is 0.951. The van der Waals surface area contributed by atoms with Gasteiger partial charge in [0.2, 0.25) is 11.9 Å². The molecule has 4 saturated heterocycles. The third kappa shape index (κ3) is 7.16. The number of likely N-dealkylation sites (tertiary alicyclic amines) is 1. The first-order chi connectivity index (χ1) is 23.2. The number of carbonyl (C=O) groups excluding carboxylic acids is 1. The number of aromatic nitrogens is 3. The van der Waals surface area contributed by atoms with Crippen LogP contribution in [0.5, 0.6) is 5.75 Å². The molecule has 1 amide bonds. The van der Waals surface area contributed by atoms with Gasteiger partial charge in [0, 0.05) is 56.1 Å². The number of amides is 1. The molecule has 2 aromatic carbocycles. The van der Waals surface area contributed by atoms with Crippen molar-refractivity contribution in [3.63, 3.8) is 0 Å². The van der Waals surface area contributed by atoms with Crippen LogP contribution in [0.25, 0.3) is 11.4 Å². The Bertz CT molecular complexity index is 1670. The van der Waals surface area contributed by atoms with Crippen molar-refractivity contribution in [1.82, 2.24) is 29.5 Å². The lowest BCUT2D eigenvalue weighted by atomic mass is 10.0. The van der Waals surface area contributed by atoms with E-state index in [0.717, 1.165) is 50.8 Å². The number of nitrogens with zero attached hydrogens (tertiary/aromatic N) is 7. The number of piperidine rings is 1. The van der Waals surface area contributed by atoms with Crippen molar-refractivity contribution in [3.05, 3.63) is 54.4 Å². The Morgan fingerprint density at radius 3 is 2.54 bits per heavy atom. The lowest BCUT2D eigenvalue weighted by Crippen LogP contribution is -2.56. The average Bonchev–Trinajstić information content (AvgIpc) is 3.45. The number of rotatable bonds is 8. The molecule has 1 unspecified atom stereocenters. The number of nitriles is 1. The molecule has 4 N–H and O–H groups in total. The largest absolute Gasteiger partial charge is 0.486 e. The first kappa shape index (κ1) is 32.4. The summed E-state index contributed by atoms with van der Waals surface area (Å²) in [6.45, 7) is 5.74. The predicted octanol–water partition coefficient (Wildman–Crippen LogP) is 3.02. The molecule has 4 fully saturated rings. The lowest BCUT2D eigenvalue weighted by molar-refractivity contribution is -0.136. The molecular formula is C32H38FN9O5S. The van der Waals surface area contributed by atoms with Crippen molar-refractivity contribution < 1.29 is 27.8 Å². The minimum atomic E-state index is -2.97. The van der Waals surface area contributed by atoms with Crippen LogP contribution in [0.2, 0.25) is 0 Å². The molecule has 3 atom stereocenters. The molecule has 1 aromatic heterocycles. The molecule has 3 aromatic rings. The van der Waals surface area contributed by atoms with Gasteiger partial charge in [-0.05, 0) is 48.9 Å². The molecule has 16 heteroatoms. The number of hydrogen-bond acceptors (Lipinski definition) is 13. The van der Waals surface area contributed by atoms with Gasteiger partial charge >= 0.3 is 0 Å². The van der Waals surface area contributed by atoms with Gasteiger partial charge in [0.25, 0.3) is 0 Å². The monoisotopic (exact) mass is 679 g/mol. The number of anilines is 3. The van der Waals surface area contributed by atoms with Crippen molar-refractivity contribution in [2.75, 3.05) is 68.5 Å². The third-order valence-electron chi connectivity index (χ3n) is 9.26. The molecule has 48 heavy (non-hydrogen) atoms. The zero-order chi connectivity index (χ0) is 33.3. The Morgan fingerprint density at radius 2 is 1.88 bits per heavy atom. The summed E-state index contributed by atoms with van der Waals surface area (Å²) in [5.41, 5.74) is 2.76. The van der Waals surface area contributed by atoms with Crippen LogP contribution in [0.1, 0.15) is 18.4 Å². The topological polar surface area (TPSA) is 172 Å². The van der Waals surface area contributed by atoms with E-state index in [-0.39, 0.29) is 48.9 Å². The van der Waals surface area contributed by atoms with E-state index < -0.39 is 29.1 Å². The number of piperazine rings is 1. The summed E-state index contributed by atoms with van der Waals surface area (Å²) in [5, 5.41) is 13.1. The van der Waals surface area contributed by atoms with Crippen LogP contribution in [0.15, 0.2) is 48.8 Å². The van der Waals surface area contributed by atoms with Crippen LogP contribution in [-0.2, 0) is 9.53 Å². The quantitative estimate of drug-likeness (QED) is 0.274. The van der Waals surface area contributed by atoms with Crippen molar-refractivity contribution >= 4 is 34.0 Å². The van der Waals surface area contributed by atoms with Gasteiger partial charge in [0.1, 0.15) is 30.3 Å². The van der Waals surface area contributed by atoms with E-state index in [9.17, 15) is 19.2 Å². The Labute approximate surface area is 279 Å². The van der Waals surface area contributed by atoms with Crippen LogP contribution >= 0.6 is 10.8 Å². The molecule has 14 nitrogen and oxygen atoms in total. The predicted molar refractivity (Wildman–Crippen MR) is 178 cm³/mol. The van der Waals surface area contributed by atoms with Gasteiger partial charge < -0.3 is 24.6 Å². The van der Waals surface area contributed by atoms with E-state index in [1.807, 2.05) is 12.1 Å². The highest BCUT2D eigenvalue weighted by atomic mass is 32.3. The number of hydrogen-bond donors (Lipinski definition) is 4.